The number of halogens is 1. The van der Waals surface area contributed by atoms with Gasteiger partial charge in [0.1, 0.15) is 4.90 Å². The van der Waals surface area contributed by atoms with E-state index in [1.165, 1.54) is 6.07 Å². The highest BCUT2D eigenvalue weighted by Crippen LogP contribution is 2.63. The number of carbonyl (C=O) groups excluding carboxylic acids is 2. The summed E-state index contributed by atoms with van der Waals surface area (Å²) >= 11 is 6.15. The van der Waals surface area contributed by atoms with Crippen molar-refractivity contribution < 1.29 is 18.0 Å². The molecule has 2 unspecified atom stereocenters. The van der Waals surface area contributed by atoms with Crippen molar-refractivity contribution in [3.05, 3.63) is 29.3 Å². The lowest BCUT2D eigenvalue weighted by Gasteiger charge is -2.59. The molecule has 6 nitrogen and oxygen atoms in total. The SMILES string of the molecule is CC(C)NC(=O)C12CC3CC(C1)C(CC(=O)C1(NS(=O)(=O)c4ccccc4Cl)CCC1)C(C3)C2. The van der Waals surface area contributed by atoms with E-state index >= 15 is 0 Å². The van der Waals surface area contributed by atoms with E-state index in [1.807, 2.05) is 13.8 Å². The first-order chi connectivity index (χ1) is 16.0. The van der Waals surface area contributed by atoms with Crippen LogP contribution < -0.4 is 10.0 Å². The monoisotopic (exact) mass is 506 g/mol. The highest BCUT2D eigenvalue weighted by atomic mass is 35.5. The number of rotatable bonds is 8. The summed E-state index contributed by atoms with van der Waals surface area (Å²) in [6, 6.07) is 6.47. The van der Waals surface area contributed by atoms with Crippen LogP contribution in [0.2, 0.25) is 5.02 Å². The smallest absolute Gasteiger partial charge is 0.242 e. The van der Waals surface area contributed by atoms with Gasteiger partial charge in [0, 0.05) is 17.9 Å². The van der Waals surface area contributed by atoms with Gasteiger partial charge in [0.15, 0.2) is 5.78 Å². The minimum Gasteiger partial charge on any atom is -0.353 e. The Labute approximate surface area is 207 Å². The van der Waals surface area contributed by atoms with Crippen molar-refractivity contribution in [2.24, 2.45) is 29.1 Å². The first-order valence-corrected chi connectivity index (χ1v) is 14.5. The molecule has 5 fully saturated rings. The molecule has 2 N–H and O–H groups in total. The zero-order chi connectivity index (χ0) is 24.3. The summed E-state index contributed by atoms with van der Waals surface area (Å²) in [7, 11) is -3.90. The van der Waals surface area contributed by atoms with Gasteiger partial charge in [-0.2, -0.15) is 4.72 Å². The summed E-state index contributed by atoms with van der Waals surface area (Å²) in [5.41, 5.74) is -1.31. The topological polar surface area (TPSA) is 92.3 Å². The van der Waals surface area contributed by atoms with Crippen molar-refractivity contribution in [2.45, 2.75) is 88.1 Å². The molecule has 0 aromatic heterocycles. The van der Waals surface area contributed by atoms with E-state index in [4.69, 9.17) is 11.6 Å². The number of nitrogens with one attached hydrogen (secondary N) is 2. The normalized spacial score (nSPS) is 33.5. The number of Topliss-reactive ketones (excluding diaryl/α,β-unsaturated/α-hetero) is 1. The summed E-state index contributed by atoms with van der Waals surface area (Å²) in [6.45, 7) is 4.00. The second-order valence-electron chi connectivity index (χ2n) is 11.6. The van der Waals surface area contributed by atoms with Crippen molar-refractivity contribution in [1.29, 1.82) is 0 Å². The Morgan fingerprint density at radius 2 is 1.74 bits per heavy atom. The molecule has 1 aromatic carbocycles. The van der Waals surface area contributed by atoms with Gasteiger partial charge in [-0.25, -0.2) is 8.42 Å². The molecule has 0 heterocycles. The van der Waals surface area contributed by atoms with E-state index in [1.54, 1.807) is 18.2 Å². The molecule has 0 aliphatic heterocycles. The maximum Gasteiger partial charge on any atom is 0.242 e. The van der Waals surface area contributed by atoms with Crippen LogP contribution in [-0.4, -0.2) is 31.7 Å². The third-order valence-corrected chi connectivity index (χ3v) is 11.0. The lowest BCUT2D eigenvalue weighted by Crippen LogP contribution is -2.61. The third kappa shape index (κ3) is 4.11. The fourth-order valence-corrected chi connectivity index (χ4v) is 9.47. The molecule has 186 valence electrons. The Kier molecular flexibility index (Phi) is 6.13. The van der Waals surface area contributed by atoms with Crippen LogP contribution in [0.25, 0.3) is 0 Å². The summed E-state index contributed by atoms with van der Waals surface area (Å²) in [5, 5.41) is 3.31. The molecular formula is C26H35ClN2O4S. The summed E-state index contributed by atoms with van der Waals surface area (Å²) < 4.78 is 29.0. The molecule has 34 heavy (non-hydrogen) atoms. The van der Waals surface area contributed by atoms with Crippen LogP contribution in [-0.2, 0) is 19.6 Å². The quantitative estimate of drug-likeness (QED) is 0.544. The van der Waals surface area contributed by atoms with Crippen LogP contribution in [0.3, 0.4) is 0 Å². The Balaban J connectivity index is 1.32. The van der Waals surface area contributed by atoms with Gasteiger partial charge in [-0.1, -0.05) is 23.7 Å². The minimum absolute atomic E-state index is 0.00698. The maximum atomic E-state index is 13.7. The zero-order valence-corrected chi connectivity index (χ0v) is 21.6. The number of sulfonamides is 1. The van der Waals surface area contributed by atoms with Gasteiger partial charge in [-0.15, -0.1) is 0 Å². The lowest BCUT2D eigenvalue weighted by molar-refractivity contribution is -0.156. The van der Waals surface area contributed by atoms with Crippen molar-refractivity contribution in [2.75, 3.05) is 0 Å². The molecule has 0 saturated heterocycles. The van der Waals surface area contributed by atoms with Gasteiger partial charge in [0.25, 0.3) is 0 Å². The fraction of sp³-hybridized carbons (Fsp3) is 0.692. The summed E-state index contributed by atoms with van der Waals surface area (Å²) in [4.78, 5) is 26.8. The molecule has 2 atom stereocenters. The molecule has 0 radical (unpaired) electrons. The fourth-order valence-electron chi connectivity index (χ4n) is 7.51. The predicted molar refractivity (Wildman–Crippen MR) is 131 cm³/mol. The second kappa shape index (κ2) is 8.59. The lowest BCUT2D eigenvalue weighted by atomic mass is 9.45. The molecule has 1 aromatic rings. The minimum atomic E-state index is -3.90. The number of carbonyl (C=O) groups is 2. The van der Waals surface area contributed by atoms with Gasteiger partial charge in [0.2, 0.25) is 15.9 Å². The highest BCUT2D eigenvalue weighted by Gasteiger charge is 2.59. The molecule has 5 aliphatic rings. The Morgan fingerprint density at radius 1 is 1.09 bits per heavy atom. The number of hydrogen-bond acceptors (Lipinski definition) is 4. The number of hydrogen-bond donors (Lipinski definition) is 2. The van der Waals surface area contributed by atoms with Gasteiger partial charge < -0.3 is 5.32 Å². The van der Waals surface area contributed by atoms with Crippen molar-refractivity contribution >= 4 is 33.3 Å². The van der Waals surface area contributed by atoms with Gasteiger partial charge in [0.05, 0.1) is 10.6 Å². The molecule has 0 spiro atoms. The highest BCUT2D eigenvalue weighted by molar-refractivity contribution is 7.89. The zero-order valence-electron chi connectivity index (χ0n) is 20.0. The molecular weight excluding hydrogens is 472 g/mol. The van der Waals surface area contributed by atoms with E-state index in [2.05, 4.69) is 10.0 Å². The van der Waals surface area contributed by atoms with Crippen molar-refractivity contribution in [1.82, 2.24) is 10.0 Å². The van der Waals surface area contributed by atoms with E-state index in [0.717, 1.165) is 38.5 Å². The number of benzene rings is 1. The first-order valence-electron chi connectivity index (χ1n) is 12.7. The van der Waals surface area contributed by atoms with Crippen LogP contribution in [0.1, 0.15) is 71.6 Å². The molecule has 5 aliphatic carbocycles. The molecule has 4 bridgehead atoms. The molecule has 8 heteroatoms. The van der Waals surface area contributed by atoms with Crippen LogP contribution in [0.4, 0.5) is 0 Å². The molecule has 5 saturated carbocycles. The second-order valence-corrected chi connectivity index (χ2v) is 13.7. The molecule has 1 amide bonds. The average Bonchev–Trinajstić information content (AvgIpc) is 2.72. The van der Waals surface area contributed by atoms with Crippen LogP contribution >= 0.6 is 11.6 Å². The average molecular weight is 507 g/mol. The number of amides is 1. The van der Waals surface area contributed by atoms with E-state index in [9.17, 15) is 18.0 Å². The molecule has 6 rings (SSSR count). The van der Waals surface area contributed by atoms with Crippen molar-refractivity contribution in [3.63, 3.8) is 0 Å². The summed E-state index contributed by atoms with van der Waals surface area (Å²) in [6.07, 6.45) is 7.14. The van der Waals surface area contributed by atoms with E-state index in [-0.39, 0.29) is 39.0 Å². The van der Waals surface area contributed by atoms with Crippen LogP contribution in [0.5, 0.6) is 0 Å². The van der Waals surface area contributed by atoms with Crippen molar-refractivity contribution in [3.8, 4) is 0 Å². The van der Waals surface area contributed by atoms with Gasteiger partial charge >= 0.3 is 0 Å². The Hall–Kier alpha value is -1.44. The van der Waals surface area contributed by atoms with Crippen LogP contribution in [0.15, 0.2) is 29.2 Å². The third-order valence-electron chi connectivity index (χ3n) is 8.99. The standard InChI is InChI=1S/C26H35ClN2O4S/c1-16(2)28-24(31)25-13-17-10-18(14-25)20(19(11-17)15-25)12-23(30)26(8-5-9-26)29-34(32,33)22-7-4-3-6-21(22)27/h3-4,6-7,16-20,29H,5,8-15H2,1-2H3,(H,28,31). The summed E-state index contributed by atoms with van der Waals surface area (Å²) in [5.74, 6) is 1.74. The van der Waals surface area contributed by atoms with Crippen LogP contribution in [0, 0.1) is 29.1 Å². The van der Waals surface area contributed by atoms with E-state index in [0.29, 0.717) is 37.0 Å². The Morgan fingerprint density at radius 3 is 2.29 bits per heavy atom. The largest absolute Gasteiger partial charge is 0.353 e. The van der Waals surface area contributed by atoms with E-state index < -0.39 is 15.6 Å². The predicted octanol–water partition coefficient (Wildman–Crippen LogP) is 4.47. The Bertz CT molecular complexity index is 1080. The maximum absolute atomic E-state index is 13.7. The number of ketones is 1. The first kappa shape index (κ1) is 24.3. The van der Waals surface area contributed by atoms with Gasteiger partial charge in [-0.3, -0.25) is 9.59 Å². The van der Waals surface area contributed by atoms with Gasteiger partial charge in [-0.05, 0) is 101 Å².